The van der Waals surface area contributed by atoms with Crippen LogP contribution in [0.2, 0.25) is 0 Å². The molecule has 2 aromatic rings. The fraction of sp³-hybridized carbons (Fsp3) is 0.481. The number of benzene rings is 2. The molecule has 1 aliphatic heterocycles. The van der Waals surface area contributed by atoms with Gasteiger partial charge in [0.25, 0.3) is 5.91 Å². The maximum atomic E-state index is 11.7. The summed E-state index contributed by atoms with van der Waals surface area (Å²) in [7, 11) is 0. The second-order valence-corrected chi connectivity index (χ2v) is 9.62. The number of amides is 2. The molecule has 35 heavy (non-hydrogen) atoms. The van der Waals surface area contributed by atoms with Crippen LogP contribution in [-0.2, 0) is 13.1 Å². The molecule has 190 valence electrons. The number of rotatable bonds is 6. The zero-order valence-electron chi connectivity index (χ0n) is 21.0. The number of aromatic hydroxyl groups is 1. The number of carbonyl (C=O) groups is 2. The Morgan fingerprint density at radius 3 is 2.06 bits per heavy atom. The summed E-state index contributed by atoms with van der Waals surface area (Å²) in [4.78, 5) is 28.2. The molecule has 1 saturated heterocycles. The molecule has 1 heterocycles. The van der Waals surface area contributed by atoms with Crippen molar-refractivity contribution >= 4 is 11.8 Å². The summed E-state index contributed by atoms with van der Waals surface area (Å²) in [5.74, 6) is -1.03. The highest BCUT2D eigenvalue weighted by Gasteiger charge is 2.17. The Bertz CT molecular complexity index is 1040. The van der Waals surface area contributed by atoms with Crippen LogP contribution in [0.5, 0.6) is 5.75 Å². The van der Waals surface area contributed by atoms with Crippen LogP contribution in [0, 0.1) is 13.8 Å². The van der Waals surface area contributed by atoms with Crippen LogP contribution >= 0.6 is 0 Å². The summed E-state index contributed by atoms with van der Waals surface area (Å²) in [5.41, 5.74) is 15.5. The van der Waals surface area contributed by atoms with Gasteiger partial charge in [-0.2, -0.15) is 0 Å². The fourth-order valence-electron chi connectivity index (χ4n) is 4.80. The van der Waals surface area contributed by atoms with E-state index in [1.165, 1.54) is 0 Å². The molecular weight excluding hydrogens is 442 g/mol. The minimum Gasteiger partial charge on any atom is -0.507 e. The molecular formula is C27H39N5O3. The van der Waals surface area contributed by atoms with Gasteiger partial charge >= 0.3 is 0 Å². The highest BCUT2D eigenvalue weighted by atomic mass is 16.3. The number of nitrogens with one attached hydrogen (secondary N) is 1. The predicted molar refractivity (Wildman–Crippen MR) is 138 cm³/mol. The van der Waals surface area contributed by atoms with Crippen molar-refractivity contribution in [2.24, 2.45) is 11.5 Å². The number of hydrogen-bond donors (Lipinski definition) is 4. The zero-order chi connectivity index (χ0) is 25.4. The van der Waals surface area contributed by atoms with Gasteiger partial charge in [-0.05, 0) is 102 Å². The Morgan fingerprint density at radius 1 is 0.829 bits per heavy atom. The van der Waals surface area contributed by atoms with E-state index in [0.29, 0.717) is 12.1 Å². The first-order valence-corrected chi connectivity index (χ1v) is 12.4. The number of nitrogens with two attached hydrogens (primary N) is 2. The van der Waals surface area contributed by atoms with E-state index in [1.54, 1.807) is 6.07 Å². The predicted octanol–water partition coefficient (Wildman–Crippen LogP) is 2.28. The molecule has 1 aliphatic rings. The molecule has 0 radical (unpaired) electrons. The first-order valence-electron chi connectivity index (χ1n) is 12.4. The van der Waals surface area contributed by atoms with Crippen LogP contribution in [0.15, 0.2) is 30.3 Å². The number of carbonyl (C=O) groups excluding carboxylic acids is 2. The SMILES string of the molecule is Cc1cc(CN2CCCNCCCN(Cc3cc(C)cc(C(N)=O)c3O)CCC2)cc(C(N)=O)c1. The van der Waals surface area contributed by atoms with Crippen molar-refractivity contribution in [3.05, 3.63) is 63.7 Å². The zero-order valence-corrected chi connectivity index (χ0v) is 21.0. The summed E-state index contributed by atoms with van der Waals surface area (Å²) in [6.07, 6.45) is 3.04. The number of hydrogen-bond acceptors (Lipinski definition) is 6. The number of phenols is 1. The van der Waals surface area contributed by atoms with Crippen LogP contribution < -0.4 is 16.8 Å². The first-order chi connectivity index (χ1) is 16.7. The van der Waals surface area contributed by atoms with Crippen LogP contribution in [0.4, 0.5) is 0 Å². The molecule has 1 fully saturated rings. The van der Waals surface area contributed by atoms with Crippen LogP contribution in [0.25, 0.3) is 0 Å². The molecule has 0 atom stereocenters. The summed E-state index contributed by atoms with van der Waals surface area (Å²) in [6, 6.07) is 9.40. The number of aryl methyl sites for hydroxylation is 2. The Labute approximate surface area is 208 Å². The molecule has 6 N–H and O–H groups in total. The monoisotopic (exact) mass is 481 g/mol. The van der Waals surface area contributed by atoms with Crippen molar-refractivity contribution in [3.63, 3.8) is 0 Å². The first kappa shape index (κ1) is 26.7. The second kappa shape index (κ2) is 12.7. The van der Waals surface area contributed by atoms with Crippen LogP contribution in [0.3, 0.4) is 0 Å². The molecule has 0 aromatic heterocycles. The third-order valence-corrected chi connectivity index (χ3v) is 6.42. The van der Waals surface area contributed by atoms with Gasteiger partial charge in [0.05, 0.1) is 5.56 Å². The Morgan fingerprint density at radius 2 is 1.43 bits per heavy atom. The van der Waals surface area contributed by atoms with Gasteiger partial charge < -0.3 is 21.9 Å². The highest BCUT2D eigenvalue weighted by molar-refractivity contribution is 5.96. The van der Waals surface area contributed by atoms with Crippen molar-refractivity contribution in [3.8, 4) is 5.75 Å². The normalized spacial score (nSPS) is 16.9. The lowest BCUT2D eigenvalue weighted by Gasteiger charge is -2.28. The molecule has 0 saturated carbocycles. The van der Waals surface area contributed by atoms with E-state index in [1.807, 2.05) is 32.0 Å². The Balaban J connectivity index is 1.70. The summed E-state index contributed by atoms with van der Waals surface area (Å²) in [5, 5.41) is 14.2. The summed E-state index contributed by atoms with van der Waals surface area (Å²) < 4.78 is 0. The van der Waals surface area contributed by atoms with E-state index in [2.05, 4.69) is 21.2 Å². The topological polar surface area (TPSA) is 125 Å². The minimum atomic E-state index is -0.614. The van der Waals surface area contributed by atoms with E-state index in [-0.39, 0.29) is 11.3 Å². The van der Waals surface area contributed by atoms with Crippen LogP contribution in [0.1, 0.15) is 62.2 Å². The van der Waals surface area contributed by atoms with Crippen LogP contribution in [-0.4, -0.2) is 66.0 Å². The van der Waals surface area contributed by atoms with Gasteiger partial charge in [0.15, 0.2) is 0 Å². The molecule has 2 amide bonds. The molecule has 8 nitrogen and oxygen atoms in total. The molecule has 3 rings (SSSR count). The van der Waals surface area contributed by atoms with Gasteiger partial charge in [-0.3, -0.25) is 19.4 Å². The van der Waals surface area contributed by atoms with Crippen molar-refractivity contribution in [1.29, 1.82) is 0 Å². The largest absolute Gasteiger partial charge is 0.507 e. The molecule has 0 unspecified atom stereocenters. The van der Waals surface area contributed by atoms with Gasteiger partial charge in [0.2, 0.25) is 5.91 Å². The van der Waals surface area contributed by atoms with E-state index < -0.39 is 11.8 Å². The van der Waals surface area contributed by atoms with Gasteiger partial charge in [-0.15, -0.1) is 0 Å². The maximum absolute atomic E-state index is 11.7. The fourth-order valence-corrected chi connectivity index (χ4v) is 4.80. The molecule has 8 heteroatoms. The van der Waals surface area contributed by atoms with Crippen molar-refractivity contribution < 1.29 is 14.7 Å². The average Bonchev–Trinajstić information content (AvgIpc) is 2.78. The lowest BCUT2D eigenvalue weighted by Crippen LogP contribution is -2.34. The molecule has 0 aliphatic carbocycles. The lowest BCUT2D eigenvalue weighted by atomic mass is 10.0. The van der Waals surface area contributed by atoms with E-state index in [9.17, 15) is 14.7 Å². The maximum Gasteiger partial charge on any atom is 0.252 e. The van der Waals surface area contributed by atoms with Crippen molar-refractivity contribution in [2.75, 3.05) is 39.3 Å². The Hall–Kier alpha value is -2.94. The third kappa shape index (κ3) is 8.06. The van der Waals surface area contributed by atoms with Gasteiger partial charge in [-0.25, -0.2) is 0 Å². The van der Waals surface area contributed by atoms with E-state index in [0.717, 1.165) is 87.3 Å². The van der Waals surface area contributed by atoms with Gasteiger partial charge in [0, 0.05) is 24.2 Å². The number of nitrogens with zero attached hydrogens (tertiary/aromatic N) is 2. The second-order valence-electron chi connectivity index (χ2n) is 9.62. The number of primary amides is 2. The molecule has 0 spiro atoms. The molecule has 2 aromatic carbocycles. The van der Waals surface area contributed by atoms with E-state index in [4.69, 9.17) is 11.5 Å². The Kier molecular flexibility index (Phi) is 9.65. The third-order valence-electron chi connectivity index (χ3n) is 6.42. The van der Waals surface area contributed by atoms with E-state index >= 15 is 0 Å². The lowest BCUT2D eigenvalue weighted by molar-refractivity contribution is 0.0990. The quantitative estimate of drug-likeness (QED) is 0.502. The van der Waals surface area contributed by atoms with Gasteiger partial charge in [0.1, 0.15) is 5.75 Å². The highest BCUT2D eigenvalue weighted by Crippen LogP contribution is 2.26. The standard InChI is InChI=1S/C27H39N5O3/c1-19-12-21(16-22(13-19)26(28)34)17-31-8-3-6-30-7-4-9-32(11-5-10-31)18-23-14-20(2)15-24(25(23)33)27(29)35/h12-16,30,33H,3-11,17-18H2,1-2H3,(H2,28,34)(H2,29,35). The van der Waals surface area contributed by atoms with Crippen molar-refractivity contribution in [1.82, 2.24) is 15.1 Å². The molecule has 0 bridgehead atoms. The minimum absolute atomic E-state index is 0.0151. The summed E-state index contributed by atoms with van der Waals surface area (Å²) in [6.45, 7) is 10.8. The summed E-state index contributed by atoms with van der Waals surface area (Å²) >= 11 is 0. The van der Waals surface area contributed by atoms with Gasteiger partial charge in [-0.1, -0.05) is 17.7 Å². The average molecular weight is 482 g/mol. The van der Waals surface area contributed by atoms with Crippen molar-refractivity contribution in [2.45, 2.75) is 46.2 Å². The smallest absolute Gasteiger partial charge is 0.252 e.